The quantitative estimate of drug-likeness (QED) is 0.586. The summed E-state index contributed by atoms with van der Waals surface area (Å²) < 4.78 is 17.4. The number of nitrogen functional groups attached to an aromatic ring is 1. The minimum atomic E-state index is -0.350. The monoisotopic (exact) mass is 331 g/mol. The number of aryl methyl sites for hydroxylation is 1. The van der Waals surface area contributed by atoms with Gasteiger partial charge in [0.1, 0.15) is 0 Å². The Kier molecular flexibility index (Phi) is 3.33. The molecule has 1 aromatic carbocycles. The van der Waals surface area contributed by atoms with Crippen LogP contribution in [0, 0.1) is 19.7 Å². The lowest BCUT2D eigenvalue weighted by Crippen LogP contribution is -2.56. The van der Waals surface area contributed by atoms with Crippen molar-refractivity contribution in [2.75, 3.05) is 23.4 Å². The van der Waals surface area contributed by atoms with E-state index in [4.69, 9.17) is 11.6 Å². The molecule has 1 aromatic heterocycles. The zero-order valence-electron chi connectivity index (χ0n) is 13.9. The first-order chi connectivity index (χ1) is 11.4. The fraction of sp³-hybridized carbons (Fsp3) is 0.471. The summed E-state index contributed by atoms with van der Waals surface area (Å²) in [6.45, 7) is 4.76. The van der Waals surface area contributed by atoms with Crippen LogP contribution in [0.15, 0.2) is 11.0 Å². The molecule has 0 bridgehead atoms. The molecule has 0 spiro atoms. The third kappa shape index (κ3) is 2.04. The smallest absolute Gasteiger partial charge is 0.194 e. The minimum absolute atomic E-state index is 0.0532. The zero-order valence-corrected chi connectivity index (χ0v) is 13.9. The van der Waals surface area contributed by atoms with E-state index in [0.717, 1.165) is 12.8 Å². The van der Waals surface area contributed by atoms with E-state index in [-0.39, 0.29) is 23.3 Å². The molecule has 0 amide bonds. The average Bonchev–Trinajstić information content (AvgIpc) is 3.34. The maximum atomic E-state index is 15.5. The van der Waals surface area contributed by atoms with Gasteiger partial charge in [-0.3, -0.25) is 10.6 Å². The Balaban J connectivity index is 2.11. The van der Waals surface area contributed by atoms with Gasteiger partial charge in [0, 0.05) is 42.5 Å². The molecule has 4 rings (SSSR count). The van der Waals surface area contributed by atoms with Crippen molar-refractivity contribution >= 4 is 22.3 Å². The third-order valence-corrected chi connectivity index (χ3v) is 5.12. The van der Waals surface area contributed by atoms with Crippen molar-refractivity contribution < 1.29 is 4.39 Å². The second-order valence-corrected chi connectivity index (χ2v) is 6.98. The Hall–Kier alpha value is -2.12. The summed E-state index contributed by atoms with van der Waals surface area (Å²) in [6.07, 6.45) is 3.77. The van der Waals surface area contributed by atoms with Crippen LogP contribution in [0.2, 0.25) is 0 Å². The van der Waals surface area contributed by atoms with Gasteiger partial charge in [-0.1, -0.05) is 0 Å². The second kappa shape index (κ2) is 5.19. The van der Waals surface area contributed by atoms with Crippen LogP contribution in [0.3, 0.4) is 0 Å². The predicted molar refractivity (Wildman–Crippen MR) is 93.9 cm³/mol. The van der Waals surface area contributed by atoms with Crippen molar-refractivity contribution in [3.05, 3.63) is 33.4 Å². The summed E-state index contributed by atoms with van der Waals surface area (Å²) in [5.74, 6) is 5.37. The third-order valence-electron chi connectivity index (χ3n) is 5.12. The number of nitrogens with zero attached hydrogens (tertiary/aromatic N) is 2. The standard InChI is InChI=1S/C17H22FN5O/c1-8-5-23(11-3-4-11)16-12(17(8)24)14(21-20)9(2)15(13(16)18)22-6-10(19)7-22/h5,10-11,21H,3-4,6-7,19-20H2,1-2H3. The number of rotatable bonds is 3. The molecular weight excluding hydrogens is 309 g/mol. The number of hydrazine groups is 1. The lowest BCUT2D eigenvalue weighted by Gasteiger charge is -2.40. The number of aromatic nitrogens is 1. The molecule has 24 heavy (non-hydrogen) atoms. The Morgan fingerprint density at radius 3 is 2.50 bits per heavy atom. The molecule has 0 unspecified atom stereocenters. The van der Waals surface area contributed by atoms with Crippen LogP contribution in [-0.2, 0) is 0 Å². The number of benzene rings is 1. The molecule has 7 heteroatoms. The fourth-order valence-electron chi connectivity index (χ4n) is 3.70. The summed E-state index contributed by atoms with van der Waals surface area (Å²) in [4.78, 5) is 14.6. The summed E-state index contributed by atoms with van der Waals surface area (Å²) in [5, 5.41) is 0.341. The highest BCUT2D eigenvalue weighted by atomic mass is 19.1. The summed E-state index contributed by atoms with van der Waals surface area (Å²) >= 11 is 0. The first-order valence-electron chi connectivity index (χ1n) is 8.28. The van der Waals surface area contributed by atoms with E-state index in [1.165, 1.54) is 0 Å². The van der Waals surface area contributed by atoms with Gasteiger partial charge in [-0.25, -0.2) is 4.39 Å². The minimum Gasteiger partial charge on any atom is -0.366 e. The molecule has 6 nitrogen and oxygen atoms in total. The van der Waals surface area contributed by atoms with Crippen molar-refractivity contribution in [2.45, 2.75) is 38.8 Å². The number of halogens is 1. The van der Waals surface area contributed by atoms with Gasteiger partial charge < -0.3 is 20.6 Å². The van der Waals surface area contributed by atoms with Crippen LogP contribution < -0.4 is 27.3 Å². The SMILES string of the molecule is Cc1c(N2CC(N)C2)c(F)c2c(c1NN)c(=O)c(C)cn2C1CC1. The molecule has 2 heterocycles. The molecule has 2 aliphatic rings. The second-order valence-electron chi connectivity index (χ2n) is 6.98. The number of nitrogens with one attached hydrogen (secondary N) is 1. The topological polar surface area (TPSA) is 89.3 Å². The van der Waals surface area contributed by atoms with Gasteiger partial charge in [0.05, 0.1) is 22.3 Å². The Morgan fingerprint density at radius 1 is 1.29 bits per heavy atom. The van der Waals surface area contributed by atoms with Crippen molar-refractivity contribution in [3.8, 4) is 0 Å². The summed E-state index contributed by atoms with van der Waals surface area (Å²) in [5.41, 5.74) is 10.9. The molecule has 128 valence electrons. The Labute approximate surface area is 139 Å². The van der Waals surface area contributed by atoms with Crippen LogP contribution in [0.5, 0.6) is 0 Å². The predicted octanol–water partition coefficient (Wildman–Crippen LogP) is 1.53. The summed E-state index contributed by atoms with van der Waals surface area (Å²) in [7, 11) is 0. The van der Waals surface area contributed by atoms with Crippen LogP contribution in [-0.4, -0.2) is 23.7 Å². The fourth-order valence-corrected chi connectivity index (χ4v) is 3.70. The molecule has 1 aliphatic heterocycles. The zero-order chi connectivity index (χ0) is 17.2. The first-order valence-corrected chi connectivity index (χ1v) is 8.28. The van der Waals surface area contributed by atoms with Crippen LogP contribution in [0.1, 0.15) is 30.0 Å². The van der Waals surface area contributed by atoms with Gasteiger partial charge in [-0.15, -0.1) is 0 Å². The molecule has 1 saturated carbocycles. The molecule has 1 aliphatic carbocycles. The number of hydrogen-bond acceptors (Lipinski definition) is 5. The highest BCUT2D eigenvalue weighted by Crippen LogP contribution is 2.43. The van der Waals surface area contributed by atoms with Gasteiger partial charge in [0.2, 0.25) is 0 Å². The average molecular weight is 331 g/mol. The molecule has 5 N–H and O–H groups in total. The van der Waals surface area contributed by atoms with Gasteiger partial charge in [0.25, 0.3) is 0 Å². The molecule has 2 aromatic rings. The summed E-state index contributed by atoms with van der Waals surface area (Å²) in [6, 6.07) is 0.304. The normalized spacial score (nSPS) is 18.1. The maximum Gasteiger partial charge on any atom is 0.194 e. The first kappa shape index (κ1) is 15.4. The van der Waals surface area contributed by atoms with Crippen LogP contribution in [0.4, 0.5) is 15.8 Å². The van der Waals surface area contributed by atoms with Crippen molar-refractivity contribution in [3.63, 3.8) is 0 Å². The van der Waals surface area contributed by atoms with E-state index in [1.807, 2.05) is 9.47 Å². The van der Waals surface area contributed by atoms with E-state index in [2.05, 4.69) is 5.43 Å². The number of anilines is 2. The largest absolute Gasteiger partial charge is 0.366 e. The number of nitrogens with two attached hydrogens (primary N) is 2. The van der Waals surface area contributed by atoms with Crippen molar-refractivity contribution in [2.24, 2.45) is 11.6 Å². The van der Waals surface area contributed by atoms with E-state index in [9.17, 15) is 4.79 Å². The molecule has 1 saturated heterocycles. The van der Waals surface area contributed by atoms with E-state index >= 15 is 4.39 Å². The van der Waals surface area contributed by atoms with Crippen molar-refractivity contribution in [1.29, 1.82) is 0 Å². The van der Waals surface area contributed by atoms with Gasteiger partial charge in [-0.2, -0.15) is 0 Å². The lowest BCUT2D eigenvalue weighted by atomic mass is 9.99. The van der Waals surface area contributed by atoms with E-state index in [1.54, 1.807) is 20.0 Å². The number of fused-ring (bicyclic) bond motifs is 1. The highest BCUT2D eigenvalue weighted by molar-refractivity contribution is 5.98. The number of pyridine rings is 1. The number of hydrogen-bond donors (Lipinski definition) is 3. The molecule has 0 atom stereocenters. The Bertz CT molecular complexity index is 896. The maximum absolute atomic E-state index is 15.5. The van der Waals surface area contributed by atoms with Gasteiger partial charge >= 0.3 is 0 Å². The van der Waals surface area contributed by atoms with Gasteiger partial charge in [-0.05, 0) is 26.7 Å². The van der Waals surface area contributed by atoms with Crippen molar-refractivity contribution in [1.82, 2.24) is 4.57 Å². The Morgan fingerprint density at radius 2 is 1.96 bits per heavy atom. The van der Waals surface area contributed by atoms with Crippen LogP contribution in [0.25, 0.3) is 10.9 Å². The molecular formula is C17H22FN5O. The highest BCUT2D eigenvalue weighted by Gasteiger charge is 2.33. The van der Waals surface area contributed by atoms with E-state index in [0.29, 0.717) is 46.5 Å². The molecule has 2 fully saturated rings. The lowest BCUT2D eigenvalue weighted by molar-refractivity contribution is 0.504. The molecule has 0 radical (unpaired) electrons. The van der Waals surface area contributed by atoms with Gasteiger partial charge in [0.15, 0.2) is 11.2 Å². The van der Waals surface area contributed by atoms with Crippen LogP contribution >= 0.6 is 0 Å². The van der Waals surface area contributed by atoms with E-state index < -0.39 is 0 Å².